The molecule has 110 valence electrons. The van der Waals surface area contributed by atoms with Gasteiger partial charge >= 0.3 is 0 Å². The molecule has 1 aromatic heterocycles. The van der Waals surface area contributed by atoms with Crippen LogP contribution in [-0.2, 0) is 12.4 Å². The first-order valence-electron chi connectivity index (χ1n) is 7.16. The maximum Gasteiger partial charge on any atom is 0.102 e. The molecule has 3 nitrogen and oxygen atoms in total. The molecule has 0 saturated heterocycles. The predicted octanol–water partition coefficient (Wildman–Crippen LogP) is 4.52. The van der Waals surface area contributed by atoms with Gasteiger partial charge in [0.25, 0.3) is 0 Å². The number of fused-ring (bicyclic) bond motifs is 1. The van der Waals surface area contributed by atoms with Gasteiger partial charge in [-0.05, 0) is 36.2 Å². The summed E-state index contributed by atoms with van der Waals surface area (Å²) in [5.74, 6) is 0.462. The van der Waals surface area contributed by atoms with E-state index in [2.05, 4.69) is 23.6 Å². The molecule has 0 unspecified atom stereocenters. The van der Waals surface area contributed by atoms with Gasteiger partial charge in [0.05, 0.1) is 16.8 Å². The number of rotatable bonds is 3. The molecule has 22 heavy (non-hydrogen) atoms. The number of nitrogens with two attached hydrogens (primary N) is 1. The molecular weight excluding hydrogens is 294 g/mol. The number of nitrogens with zero attached hydrogens (tertiary/aromatic N) is 2. The van der Waals surface area contributed by atoms with Gasteiger partial charge < -0.3 is 10.3 Å². The molecule has 3 rings (SSSR count). The van der Waals surface area contributed by atoms with Gasteiger partial charge in [0.1, 0.15) is 6.07 Å². The minimum atomic E-state index is 0.462. The van der Waals surface area contributed by atoms with E-state index in [4.69, 9.17) is 17.3 Å². The second kappa shape index (κ2) is 5.75. The summed E-state index contributed by atoms with van der Waals surface area (Å²) in [7, 11) is 0. The number of hydrogen-bond acceptors (Lipinski definition) is 2. The number of halogens is 1. The quantitative estimate of drug-likeness (QED) is 0.571. The predicted molar refractivity (Wildman–Crippen MR) is 91.7 cm³/mol. The molecule has 0 saturated carbocycles. The topological polar surface area (TPSA) is 54.7 Å². The molecule has 0 aliphatic heterocycles. The first-order chi connectivity index (χ1) is 10.7. The second-order valence-corrected chi connectivity index (χ2v) is 5.45. The number of hydrogen-bond donors (Lipinski definition) is 1. The Morgan fingerprint density at radius 1 is 1.18 bits per heavy atom. The van der Waals surface area contributed by atoms with E-state index in [-0.39, 0.29) is 0 Å². The zero-order chi connectivity index (χ0) is 15.7. The average Bonchev–Trinajstić information content (AvgIpc) is 2.87. The highest BCUT2D eigenvalue weighted by Crippen LogP contribution is 2.34. The van der Waals surface area contributed by atoms with Gasteiger partial charge in [0.15, 0.2) is 0 Å². The van der Waals surface area contributed by atoms with Gasteiger partial charge in [-0.15, -0.1) is 11.6 Å². The van der Waals surface area contributed by atoms with Crippen LogP contribution in [0.2, 0.25) is 0 Å². The lowest BCUT2D eigenvalue weighted by atomic mass is 10.1. The first kappa shape index (κ1) is 14.5. The van der Waals surface area contributed by atoms with Crippen LogP contribution in [0.15, 0.2) is 42.5 Å². The van der Waals surface area contributed by atoms with Crippen LogP contribution in [0.1, 0.15) is 18.1 Å². The van der Waals surface area contributed by atoms with E-state index in [0.717, 1.165) is 34.3 Å². The summed E-state index contributed by atoms with van der Waals surface area (Å²) in [5, 5.41) is 10.6. The third-order valence-electron chi connectivity index (χ3n) is 3.90. The van der Waals surface area contributed by atoms with E-state index in [1.807, 2.05) is 36.4 Å². The van der Waals surface area contributed by atoms with Crippen LogP contribution in [0.5, 0.6) is 0 Å². The molecule has 0 fully saturated rings. The lowest BCUT2D eigenvalue weighted by Gasteiger charge is -2.09. The number of benzene rings is 2. The van der Waals surface area contributed by atoms with Crippen LogP contribution >= 0.6 is 11.6 Å². The summed E-state index contributed by atoms with van der Waals surface area (Å²) in [6, 6.07) is 16.0. The first-order valence-corrected chi connectivity index (χ1v) is 7.70. The van der Waals surface area contributed by atoms with Gasteiger partial charge in [-0.2, -0.15) is 5.26 Å². The Bertz CT molecular complexity index is 870. The zero-order valence-corrected chi connectivity index (χ0v) is 13.1. The summed E-state index contributed by atoms with van der Waals surface area (Å²) < 4.78 is 2.16. The van der Waals surface area contributed by atoms with Gasteiger partial charge in [-0.25, -0.2) is 0 Å². The Hall–Kier alpha value is -2.44. The van der Waals surface area contributed by atoms with Gasteiger partial charge in [-0.1, -0.05) is 24.3 Å². The molecule has 2 aromatic carbocycles. The maximum atomic E-state index is 9.65. The number of aryl methyl sites for hydroxylation is 1. The molecule has 1 heterocycles. The summed E-state index contributed by atoms with van der Waals surface area (Å²) in [6.45, 7) is 2.86. The lowest BCUT2D eigenvalue weighted by molar-refractivity contribution is 0.804. The van der Waals surface area contributed by atoms with Crippen LogP contribution in [0.3, 0.4) is 0 Å². The van der Waals surface area contributed by atoms with Crippen molar-refractivity contribution in [1.29, 1.82) is 5.26 Å². The number of nitrogen functional groups attached to an aromatic ring is 1. The molecule has 4 heteroatoms. The summed E-state index contributed by atoms with van der Waals surface area (Å²) in [4.78, 5) is 0. The minimum absolute atomic E-state index is 0.462. The minimum Gasteiger partial charge on any atom is -0.399 e. The average molecular weight is 310 g/mol. The zero-order valence-electron chi connectivity index (χ0n) is 12.3. The van der Waals surface area contributed by atoms with Crippen molar-refractivity contribution < 1.29 is 0 Å². The number of alkyl halides is 1. The summed E-state index contributed by atoms with van der Waals surface area (Å²) in [5.41, 5.74) is 11.2. The van der Waals surface area contributed by atoms with Crippen molar-refractivity contribution in [2.75, 3.05) is 5.73 Å². The largest absolute Gasteiger partial charge is 0.399 e. The van der Waals surface area contributed by atoms with E-state index in [0.29, 0.717) is 17.1 Å². The van der Waals surface area contributed by atoms with E-state index in [1.165, 1.54) is 0 Å². The molecule has 2 N–H and O–H groups in total. The van der Waals surface area contributed by atoms with Gasteiger partial charge in [0.2, 0.25) is 0 Å². The van der Waals surface area contributed by atoms with Crippen LogP contribution < -0.4 is 5.73 Å². The lowest BCUT2D eigenvalue weighted by Crippen LogP contribution is -1.98. The van der Waals surface area contributed by atoms with E-state index >= 15 is 0 Å². The normalized spacial score (nSPS) is 10.8. The monoisotopic (exact) mass is 309 g/mol. The van der Waals surface area contributed by atoms with E-state index in [1.54, 1.807) is 0 Å². The smallest absolute Gasteiger partial charge is 0.102 e. The third kappa shape index (κ3) is 2.22. The van der Waals surface area contributed by atoms with E-state index < -0.39 is 0 Å². The molecular formula is C18H16ClN3. The van der Waals surface area contributed by atoms with Crippen molar-refractivity contribution in [3.05, 3.63) is 53.6 Å². The molecule has 3 aromatic rings. The summed E-state index contributed by atoms with van der Waals surface area (Å²) >= 11 is 5.95. The third-order valence-corrected chi connectivity index (χ3v) is 4.20. The highest BCUT2D eigenvalue weighted by molar-refractivity contribution is 6.17. The second-order valence-electron chi connectivity index (χ2n) is 5.19. The standard InChI is InChI=1S/C18H16ClN3/c1-2-22-17-9-12(10-19)3-8-15(17)16(11-20)18(22)13-4-6-14(21)7-5-13/h3-9H,2,10,21H2,1H3. The molecule has 0 aliphatic carbocycles. The van der Waals surface area contributed by atoms with Gasteiger partial charge in [-0.3, -0.25) is 0 Å². The number of nitriles is 1. The molecule has 0 amide bonds. The van der Waals surface area contributed by atoms with Crippen molar-refractivity contribution in [2.24, 2.45) is 0 Å². The highest BCUT2D eigenvalue weighted by atomic mass is 35.5. The summed E-state index contributed by atoms with van der Waals surface area (Å²) in [6.07, 6.45) is 0. The fraction of sp³-hybridized carbons (Fsp3) is 0.167. The molecule has 0 spiro atoms. The highest BCUT2D eigenvalue weighted by Gasteiger charge is 2.18. The molecule has 0 atom stereocenters. The van der Waals surface area contributed by atoms with Crippen molar-refractivity contribution in [3.8, 4) is 17.3 Å². The number of aromatic nitrogens is 1. The Labute approximate surface area is 134 Å². The van der Waals surface area contributed by atoms with Crippen molar-refractivity contribution in [2.45, 2.75) is 19.3 Å². The Morgan fingerprint density at radius 2 is 1.91 bits per heavy atom. The van der Waals surface area contributed by atoms with Crippen molar-refractivity contribution >= 4 is 28.2 Å². The van der Waals surface area contributed by atoms with E-state index in [9.17, 15) is 5.26 Å². The fourth-order valence-corrected chi connectivity index (χ4v) is 3.03. The maximum absolute atomic E-state index is 9.65. The van der Waals surface area contributed by atoms with Crippen LogP contribution in [0.25, 0.3) is 22.2 Å². The molecule has 0 radical (unpaired) electrons. The van der Waals surface area contributed by atoms with Crippen LogP contribution in [0.4, 0.5) is 5.69 Å². The molecule has 0 aliphatic rings. The molecule has 0 bridgehead atoms. The van der Waals surface area contributed by atoms with Crippen molar-refractivity contribution in [3.63, 3.8) is 0 Å². The Balaban J connectivity index is 2.37. The SMILES string of the molecule is CCn1c(-c2ccc(N)cc2)c(C#N)c2ccc(CCl)cc21. The Kier molecular flexibility index (Phi) is 3.79. The van der Waals surface area contributed by atoms with Crippen molar-refractivity contribution in [1.82, 2.24) is 4.57 Å². The number of anilines is 1. The van der Waals surface area contributed by atoms with Gasteiger partial charge in [0, 0.05) is 23.5 Å². The van der Waals surface area contributed by atoms with Crippen LogP contribution in [0, 0.1) is 11.3 Å². The van der Waals surface area contributed by atoms with Crippen LogP contribution in [-0.4, -0.2) is 4.57 Å². The fourth-order valence-electron chi connectivity index (χ4n) is 2.86. The Morgan fingerprint density at radius 3 is 2.50 bits per heavy atom.